The predicted octanol–water partition coefficient (Wildman–Crippen LogP) is 4.12. The maximum atomic E-state index is 9.62. The zero-order chi connectivity index (χ0) is 14.1. The molecule has 1 aromatic heterocycles. The summed E-state index contributed by atoms with van der Waals surface area (Å²) in [5.41, 5.74) is 2.10. The van der Waals surface area contributed by atoms with Gasteiger partial charge < -0.3 is 14.4 Å². The number of ether oxygens (including phenoxy) is 1. The number of benzene rings is 2. The maximum absolute atomic E-state index is 9.62. The Labute approximate surface area is 122 Å². The van der Waals surface area contributed by atoms with Crippen molar-refractivity contribution in [1.29, 1.82) is 0 Å². The van der Waals surface area contributed by atoms with E-state index in [1.807, 2.05) is 36.0 Å². The van der Waals surface area contributed by atoms with Crippen molar-refractivity contribution in [2.75, 3.05) is 0 Å². The third kappa shape index (κ3) is 2.45. The molecule has 20 heavy (non-hydrogen) atoms. The largest absolute Gasteiger partial charge is 0.508 e. The first kappa shape index (κ1) is 12.9. The van der Waals surface area contributed by atoms with Crippen LogP contribution in [0.2, 0.25) is 5.02 Å². The molecule has 0 atom stereocenters. The van der Waals surface area contributed by atoms with Gasteiger partial charge in [0, 0.05) is 34.7 Å². The minimum atomic E-state index is 0.261. The zero-order valence-corrected chi connectivity index (χ0v) is 11.8. The van der Waals surface area contributed by atoms with Gasteiger partial charge in [0.05, 0.1) is 0 Å². The van der Waals surface area contributed by atoms with Crippen molar-refractivity contribution < 1.29 is 9.84 Å². The Hall–Kier alpha value is -2.13. The molecular formula is C16H14ClNO2. The number of phenolic OH excluding ortho intramolecular Hbond substituents is 1. The highest BCUT2D eigenvalue weighted by Crippen LogP contribution is 2.26. The summed E-state index contributed by atoms with van der Waals surface area (Å²) >= 11 is 5.84. The summed E-state index contributed by atoms with van der Waals surface area (Å²) in [5.74, 6) is 1.03. The van der Waals surface area contributed by atoms with Crippen molar-refractivity contribution in [3.05, 3.63) is 59.2 Å². The van der Waals surface area contributed by atoms with Gasteiger partial charge in [0.2, 0.25) is 0 Å². The molecule has 0 fully saturated rings. The Morgan fingerprint density at radius 2 is 1.90 bits per heavy atom. The van der Waals surface area contributed by atoms with Crippen LogP contribution in [-0.4, -0.2) is 9.67 Å². The third-order valence-electron chi connectivity index (χ3n) is 3.26. The average molecular weight is 288 g/mol. The molecule has 1 N–H and O–H groups in total. The van der Waals surface area contributed by atoms with Crippen LogP contribution in [0.15, 0.2) is 48.7 Å². The molecule has 0 unspecified atom stereocenters. The van der Waals surface area contributed by atoms with E-state index in [0.29, 0.717) is 11.6 Å². The number of hydrogen-bond acceptors (Lipinski definition) is 2. The molecule has 0 amide bonds. The lowest BCUT2D eigenvalue weighted by atomic mass is 10.2. The molecule has 1 heterocycles. The number of aryl methyl sites for hydroxylation is 1. The summed E-state index contributed by atoms with van der Waals surface area (Å²) in [5, 5.41) is 11.3. The lowest BCUT2D eigenvalue weighted by Gasteiger charge is -2.05. The van der Waals surface area contributed by atoms with Gasteiger partial charge >= 0.3 is 0 Å². The smallest absolute Gasteiger partial charge is 0.119 e. The van der Waals surface area contributed by atoms with Crippen LogP contribution >= 0.6 is 11.6 Å². The quantitative estimate of drug-likeness (QED) is 0.786. The summed E-state index contributed by atoms with van der Waals surface area (Å²) in [6, 6.07) is 12.6. The number of phenols is 1. The molecule has 0 aliphatic carbocycles. The van der Waals surface area contributed by atoms with Crippen LogP contribution in [0.5, 0.6) is 11.5 Å². The van der Waals surface area contributed by atoms with Gasteiger partial charge in [-0.25, -0.2) is 0 Å². The van der Waals surface area contributed by atoms with Gasteiger partial charge in [0.1, 0.15) is 18.1 Å². The minimum Gasteiger partial charge on any atom is -0.508 e. The van der Waals surface area contributed by atoms with Crippen molar-refractivity contribution in [3.63, 3.8) is 0 Å². The van der Waals surface area contributed by atoms with E-state index in [1.54, 1.807) is 24.3 Å². The van der Waals surface area contributed by atoms with Crippen LogP contribution in [0.4, 0.5) is 0 Å². The highest BCUT2D eigenvalue weighted by molar-refractivity contribution is 6.30. The van der Waals surface area contributed by atoms with Crippen LogP contribution < -0.4 is 4.74 Å². The highest BCUT2D eigenvalue weighted by Gasteiger charge is 2.08. The van der Waals surface area contributed by atoms with Gasteiger partial charge in [-0.15, -0.1) is 0 Å². The number of aromatic hydroxyl groups is 1. The fourth-order valence-corrected chi connectivity index (χ4v) is 2.39. The normalized spacial score (nSPS) is 10.9. The first-order valence-corrected chi connectivity index (χ1v) is 6.66. The Balaban J connectivity index is 1.87. The van der Waals surface area contributed by atoms with Crippen LogP contribution in [-0.2, 0) is 13.7 Å². The molecule has 3 aromatic rings. The molecule has 0 saturated carbocycles. The van der Waals surface area contributed by atoms with Gasteiger partial charge in [-0.05, 0) is 42.5 Å². The topological polar surface area (TPSA) is 34.4 Å². The van der Waals surface area contributed by atoms with E-state index in [1.165, 1.54) is 0 Å². The first-order valence-electron chi connectivity index (χ1n) is 6.29. The van der Waals surface area contributed by atoms with Gasteiger partial charge in [-0.2, -0.15) is 0 Å². The second kappa shape index (κ2) is 5.10. The Kier molecular flexibility index (Phi) is 3.28. The summed E-state index contributed by atoms with van der Waals surface area (Å²) in [6.45, 7) is 0.447. The molecule has 0 bridgehead atoms. The number of fused-ring (bicyclic) bond motifs is 1. The van der Waals surface area contributed by atoms with E-state index in [2.05, 4.69) is 0 Å². The van der Waals surface area contributed by atoms with E-state index in [9.17, 15) is 5.11 Å². The summed E-state index contributed by atoms with van der Waals surface area (Å²) in [6.07, 6.45) is 2.01. The minimum absolute atomic E-state index is 0.261. The number of nitrogens with zero attached hydrogens (tertiary/aromatic N) is 1. The fraction of sp³-hybridized carbons (Fsp3) is 0.125. The second-order valence-corrected chi connectivity index (χ2v) is 5.15. The summed E-state index contributed by atoms with van der Waals surface area (Å²) in [7, 11) is 1.98. The van der Waals surface area contributed by atoms with Gasteiger partial charge in [0.15, 0.2) is 0 Å². The van der Waals surface area contributed by atoms with E-state index < -0.39 is 0 Å². The van der Waals surface area contributed by atoms with Gasteiger partial charge in [-0.3, -0.25) is 0 Å². The molecule has 0 saturated heterocycles. The van der Waals surface area contributed by atoms with Crippen molar-refractivity contribution in [3.8, 4) is 11.5 Å². The molecule has 0 radical (unpaired) electrons. The highest BCUT2D eigenvalue weighted by atomic mass is 35.5. The van der Waals surface area contributed by atoms with E-state index in [0.717, 1.165) is 22.2 Å². The molecule has 3 nitrogen and oxygen atoms in total. The molecule has 4 heteroatoms. The number of hydrogen-bond donors (Lipinski definition) is 1. The van der Waals surface area contributed by atoms with Crippen LogP contribution in [0.25, 0.3) is 10.9 Å². The van der Waals surface area contributed by atoms with Crippen LogP contribution in [0.1, 0.15) is 5.56 Å². The van der Waals surface area contributed by atoms with Crippen LogP contribution in [0, 0.1) is 0 Å². The van der Waals surface area contributed by atoms with Gasteiger partial charge in [-0.1, -0.05) is 11.6 Å². The van der Waals surface area contributed by atoms with E-state index in [-0.39, 0.29) is 5.75 Å². The zero-order valence-electron chi connectivity index (χ0n) is 11.0. The SMILES string of the molecule is Cn1cc(COc2ccc(Cl)cc2)c2cc(O)ccc21. The molecule has 0 aliphatic rings. The molecule has 3 rings (SSSR count). The standard InChI is InChI=1S/C16H14ClNO2/c1-18-9-11(15-8-13(19)4-7-16(15)18)10-20-14-5-2-12(17)3-6-14/h2-9,19H,10H2,1H3. The lowest BCUT2D eigenvalue weighted by molar-refractivity contribution is 0.307. The Bertz CT molecular complexity index is 747. The third-order valence-corrected chi connectivity index (χ3v) is 3.52. The Morgan fingerprint density at radius 3 is 2.65 bits per heavy atom. The predicted molar refractivity (Wildman–Crippen MR) is 80.4 cm³/mol. The lowest BCUT2D eigenvalue weighted by Crippen LogP contribution is -1.94. The fourth-order valence-electron chi connectivity index (χ4n) is 2.27. The van der Waals surface area contributed by atoms with E-state index >= 15 is 0 Å². The molecule has 102 valence electrons. The van der Waals surface area contributed by atoms with Gasteiger partial charge in [0.25, 0.3) is 0 Å². The maximum Gasteiger partial charge on any atom is 0.119 e. The molecule has 0 aliphatic heterocycles. The van der Waals surface area contributed by atoms with Crippen molar-refractivity contribution in [2.24, 2.45) is 7.05 Å². The number of rotatable bonds is 3. The first-order chi connectivity index (χ1) is 9.63. The molecule has 0 spiro atoms. The van der Waals surface area contributed by atoms with Crippen molar-refractivity contribution in [1.82, 2.24) is 4.57 Å². The molecule has 2 aromatic carbocycles. The number of halogens is 1. The van der Waals surface area contributed by atoms with Crippen molar-refractivity contribution >= 4 is 22.5 Å². The average Bonchev–Trinajstić information content (AvgIpc) is 2.74. The van der Waals surface area contributed by atoms with Crippen molar-refractivity contribution in [2.45, 2.75) is 6.61 Å². The second-order valence-electron chi connectivity index (χ2n) is 4.71. The Morgan fingerprint density at radius 1 is 1.15 bits per heavy atom. The molecular weight excluding hydrogens is 274 g/mol. The summed E-state index contributed by atoms with van der Waals surface area (Å²) in [4.78, 5) is 0. The number of aromatic nitrogens is 1. The summed E-state index contributed by atoms with van der Waals surface area (Å²) < 4.78 is 7.78. The van der Waals surface area contributed by atoms with Crippen LogP contribution in [0.3, 0.4) is 0 Å². The van der Waals surface area contributed by atoms with E-state index in [4.69, 9.17) is 16.3 Å². The monoisotopic (exact) mass is 287 g/mol.